The van der Waals surface area contributed by atoms with Crippen molar-refractivity contribution in [1.29, 1.82) is 0 Å². The molecule has 8 nitrogen and oxygen atoms in total. The van der Waals surface area contributed by atoms with E-state index in [1.54, 1.807) is 12.1 Å². The van der Waals surface area contributed by atoms with Crippen LogP contribution >= 0.6 is 23.8 Å². The zero-order valence-corrected chi connectivity index (χ0v) is 15.3. The van der Waals surface area contributed by atoms with Crippen LogP contribution in [-0.4, -0.2) is 30.2 Å². The summed E-state index contributed by atoms with van der Waals surface area (Å²) in [5.74, 6) is -0.0983. The largest absolute Gasteiger partial charge is 0.496 e. The lowest BCUT2D eigenvalue weighted by Crippen LogP contribution is -2.34. The van der Waals surface area contributed by atoms with Crippen molar-refractivity contribution in [1.82, 2.24) is 5.32 Å². The van der Waals surface area contributed by atoms with Crippen LogP contribution < -0.4 is 20.1 Å². The fraction of sp³-hybridized carbons (Fsp3) is 0.125. The molecule has 136 valence electrons. The lowest BCUT2D eigenvalue weighted by molar-refractivity contribution is -0.385. The third kappa shape index (κ3) is 4.58. The highest BCUT2D eigenvalue weighted by Crippen LogP contribution is 2.29. The van der Waals surface area contributed by atoms with E-state index in [1.807, 2.05) is 0 Å². The highest BCUT2D eigenvalue weighted by atomic mass is 35.5. The number of nitro groups is 1. The second kappa shape index (κ2) is 8.45. The number of nitrogens with zero attached hydrogens (tertiary/aromatic N) is 1. The zero-order chi connectivity index (χ0) is 19.3. The number of thiocarbonyl (C=S) groups is 1. The van der Waals surface area contributed by atoms with Crippen LogP contribution in [0.5, 0.6) is 11.5 Å². The first-order chi connectivity index (χ1) is 12.3. The maximum Gasteiger partial charge on any atom is 0.312 e. The molecule has 2 N–H and O–H groups in total. The molecule has 0 saturated heterocycles. The molecule has 26 heavy (non-hydrogen) atoms. The number of amides is 1. The zero-order valence-electron chi connectivity index (χ0n) is 13.7. The number of rotatable bonds is 5. The summed E-state index contributed by atoms with van der Waals surface area (Å²) in [4.78, 5) is 22.8. The number of hydrogen-bond donors (Lipinski definition) is 2. The standard InChI is InChI=1S/C16H14ClN3O5S/c1-24-13-5-3-9(17)7-11(13)15(21)19-16(26)18-10-4-6-14(25-2)12(8-10)20(22)23/h3-8H,1-2H3,(H2,18,19,21,26). The Kier molecular flexibility index (Phi) is 6.31. The topological polar surface area (TPSA) is 103 Å². The van der Waals surface area contributed by atoms with Crippen molar-refractivity contribution >= 4 is 46.2 Å². The molecule has 0 aliphatic heterocycles. The molecular formula is C16H14ClN3O5S. The quantitative estimate of drug-likeness (QED) is 0.454. The Morgan fingerprint density at radius 1 is 1.15 bits per heavy atom. The van der Waals surface area contributed by atoms with E-state index < -0.39 is 10.8 Å². The van der Waals surface area contributed by atoms with Gasteiger partial charge >= 0.3 is 5.69 Å². The molecule has 0 radical (unpaired) electrons. The van der Waals surface area contributed by atoms with E-state index in [0.29, 0.717) is 16.5 Å². The molecule has 10 heteroatoms. The summed E-state index contributed by atoms with van der Waals surface area (Å²) in [6.45, 7) is 0. The van der Waals surface area contributed by atoms with Crippen LogP contribution in [0.15, 0.2) is 36.4 Å². The van der Waals surface area contributed by atoms with Crippen LogP contribution in [0.3, 0.4) is 0 Å². The minimum absolute atomic E-state index is 0.0449. The summed E-state index contributed by atoms with van der Waals surface area (Å²) in [5.41, 5.74) is 0.286. The Morgan fingerprint density at radius 3 is 2.42 bits per heavy atom. The van der Waals surface area contributed by atoms with Crippen molar-refractivity contribution in [3.63, 3.8) is 0 Å². The Bertz CT molecular complexity index is 875. The summed E-state index contributed by atoms with van der Waals surface area (Å²) in [7, 11) is 2.76. The first-order valence-electron chi connectivity index (χ1n) is 7.14. The number of ether oxygens (including phenoxy) is 2. The van der Waals surface area contributed by atoms with Gasteiger partial charge in [0.1, 0.15) is 5.75 Å². The van der Waals surface area contributed by atoms with Gasteiger partial charge in [-0.15, -0.1) is 0 Å². The number of benzene rings is 2. The Balaban J connectivity index is 2.14. The minimum Gasteiger partial charge on any atom is -0.496 e. The van der Waals surface area contributed by atoms with Gasteiger partial charge in [0.05, 0.1) is 24.7 Å². The van der Waals surface area contributed by atoms with Crippen LogP contribution in [0, 0.1) is 10.1 Å². The number of hydrogen-bond acceptors (Lipinski definition) is 6. The molecule has 0 heterocycles. The Morgan fingerprint density at radius 2 is 1.81 bits per heavy atom. The lowest BCUT2D eigenvalue weighted by atomic mass is 10.2. The predicted molar refractivity (Wildman–Crippen MR) is 101 cm³/mol. The normalized spacial score (nSPS) is 9.96. The number of halogens is 1. The van der Waals surface area contributed by atoms with Gasteiger partial charge in [-0.3, -0.25) is 20.2 Å². The maximum atomic E-state index is 12.3. The molecule has 0 unspecified atom stereocenters. The number of anilines is 1. The van der Waals surface area contributed by atoms with E-state index in [2.05, 4.69) is 10.6 Å². The van der Waals surface area contributed by atoms with Crippen molar-refractivity contribution in [2.24, 2.45) is 0 Å². The van der Waals surface area contributed by atoms with E-state index >= 15 is 0 Å². The van der Waals surface area contributed by atoms with Crippen molar-refractivity contribution < 1.29 is 19.2 Å². The van der Waals surface area contributed by atoms with Gasteiger partial charge in [0.15, 0.2) is 10.9 Å². The van der Waals surface area contributed by atoms with Crippen molar-refractivity contribution in [2.75, 3.05) is 19.5 Å². The molecular weight excluding hydrogens is 382 g/mol. The van der Waals surface area contributed by atoms with Gasteiger partial charge in [-0.2, -0.15) is 0 Å². The first kappa shape index (κ1) is 19.4. The van der Waals surface area contributed by atoms with Crippen LogP contribution in [0.1, 0.15) is 10.4 Å². The highest BCUT2D eigenvalue weighted by molar-refractivity contribution is 7.80. The predicted octanol–water partition coefficient (Wildman–Crippen LogP) is 3.39. The monoisotopic (exact) mass is 395 g/mol. The SMILES string of the molecule is COc1ccc(Cl)cc1C(=O)NC(=S)Nc1ccc(OC)c([N+](=O)[O-])c1. The molecule has 0 spiro atoms. The van der Waals surface area contributed by atoms with Crippen LogP contribution in [0.2, 0.25) is 5.02 Å². The third-order valence-electron chi connectivity index (χ3n) is 3.27. The van der Waals surface area contributed by atoms with E-state index in [9.17, 15) is 14.9 Å². The molecule has 0 aromatic heterocycles. The average molecular weight is 396 g/mol. The summed E-state index contributed by atoms with van der Waals surface area (Å²) in [6, 6.07) is 8.79. The van der Waals surface area contributed by atoms with Crippen molar-refractivity contribution in [3.8, 4) is 11.5 Å². The number of carbonyl (C=O) groups excluding carboxylic acids is 1. The average Bonchev–Trinajstić information content (AvgIpc) is 2.61. The molecule has 0 atom stereocenters. The minimum atomic E-state index is -0.581. The van der Waals surface area contributed by atoms with E-state index in [0.717, 1.165) is 0 Å². The molecule has 2 aromatic rings. The number of nitrogens with one attached hydrogen (secondary N) is 2. The molecule has 0 aliphatic rings. The highest BCUT2D eigenvalue weighted by Gasteiger charge is 2.17. The Hall–Kier alpha value is -2.91. The maximum absolute atomic E-state index is 12.3. The summed E-state index contributed by atoms with van der Waals surface area (Å²) < 4.78 is 10.0. The summed E-state index contributed by atoms with van der Waals surface area (Å²) >= 11 is 11.0. The summed E-state index contributed by atoms with van der Waals surface area (Å²) in [6.07, 6.45) is 0. The molecule has 0 saturated carbocycles. The third-order valence-corrected chi connectivity index (χ3v) is 3.71. The van der Waals surface area contributed by atoms with Crippen LogP contribution in [0.25, 0.3) is 0 Å². The van der Waals surface area contributed by atoms with Gasteiger partial charge in [0, 0.05) is 16.8 Å². The van der Waals surface area contributed by atoms with Crippen LogP contribution in [-0.2, 0) is 0 Å². The van der Waals surface area contributed by atoms with E-state index in [4.69, 9.17) is 33.3 Å². The molecule has 0 fully saturated rings. The van der Waals surface area contributed by atoms with Crippen LogP contribution in [0.4, 0.5) is 11.4 Å². The van der Waals surface area contributed by atoms with Crippen molar-refractivity contribution in [2.45, 2.75) is 0 Å². The molecule has 1 amide bonds. The van der Waals surface area contributed by atoms with E-state index in [1.165, 1.54) is 38.5 Å². The lowest BCUT2D eigenvalue weighted by Gasteiger charge is -2.12. The fourth-order valence-corrected chi connectivity index (χ4v) is 2.48. The van der Waals surface area contributed by atoms with Gasteiger partial charge < -0.3 is 14.8 Å². The first-order valence-corrected chi connectivity index (χ1v) is 7.92. The summed E-state index contributed by atoms with van der Waals surface area (Å²) in [5, 5.41) is 16.5. The van der Waals surface area contributed by atoms with Gasteiger partial charge in [-0.1, -0.05) is 11.6 Å². The van der Waals surface area contributed by atoms with Gasteiger partial charge in [-0.25, -0.2) is 0 Å². The second-order valence-electron chi connectivity index (χ2n) is 4.90. The van der Waals surface area contributed by atoms with Gasteiger partial charge in [0.2, 0.25) is 0 Å². The molecule has 2 aromatic carbocycles. The Labute approximate surface area is 159 Å². The molecule has 0 aliphatic carbocycles. The van der Waals surface area contributed by atoms with Gasteiger partial charge in [-0.05, 0) is 42.5 Å². The number of methoxy groups -OCH3 is 2. The number of carbonyl (C=O) groups is 1. The fourth-order valence-electron chi connectivity index (χ4n) is 2.10. The van der Waals surface area contributed by atoms with Crippen molar-refractivity contribution in [3.05, 3.63) is 57.1 Å². The smallest absolute Gasteiger partial charge is 0.312 e. The van der Waals surface area contributed by atoms with E-state index in [-0.39, 0.29) is 22.1 Å². The molecule has 2 rings (SSSR count). The number of nitro benzene ring substituents is 1. The molecule has 0 bridgehead atoms. The second-order valence-corrected chi connectivity index (χ2v) is 5.74. The van der Waals surface area contributed by atoms with Gasteiger partial charge in [0.25, 0.3) is 5.91 Å².